The number of sulfonamides is 1. The molecular formula is C11H16N2O4S2. The smallest absolute Gasteiger partial charge is 0.216 e. The molecule has 6 nitrogen and oxygen atoms in total. The summed E-state index contributed by atoms with van der Waals surface area (Å²) >= 11 is 0. The van der Waals surface area contributed by atoms with Crippen LogP contribution in [0.4, 0.5) is 5.69 Å². The molecule has 1 saturated heterocycles. The molecule has 0 bridgehead atoms. The lowest BCUT2D eigenvalue weighted by Crippen LogP contribution is -2.36. The number of anilines is 1. The van der Waals surface area contributed by atoms with Gasteiger partial charge in [-0.25, -0.2) is 21.6 Å². The van der Waals surface area contributed by atoms with Crippen LogP contribution in [0.2, 0.25) is 0 Å². The molecule has 1 heterocycles. The van der Waals surface area contributed by atoms with Crippen molar-refractivity contribution in [3.8, 4) is 0 Å². The predicted octanol–water partition coefficient (Wildman–Crippen LogP) is -0.125. The van der Waals surface area contributed by atoms with Gasteiger partial charge >= 0.3 is 0 Å². The summed E-state index contributed by atoms with van der Waals surface area (Å²) in [6.45, 7) is 0. The van der Waals surface area contributed by atoms with Crippen LogP contribution in [0.25, 0.3) is 0 Å². The molecule has 0 amide bonds. The van der Waals surface area contributed by atoms with Crippen molar-refractivity contribution >= 4 is 25.5 Å². The first-order chi connectivity index (χ1) is 8.77. The first kappa shape index (κ1) is 14.3. The van der Waals surface area contributed by atoms with Crippen LogP contribution in [0.5, 0.6) is 0 Å². The maximum absolute atomic E-state index is 12.0. The summed E-state index contributed by atoms with van der Waals surface area (Å²) < 4.78 is 48.9. The second-order valence-corrected chi connectivity index (χ2v) is 8.66. The van der Waals surface area contributed by atoms with Gasteiger partial charge in [-0.2, -0.15) is 0 Å². The second-order valence-electron chi connectivity index (χ2n) is 4.68. The molecule has 1 aromatic rings. The highest BCUT2D eigenvalue weighted by atomic mass is 32.2. The van der Waals surface area contributed by atoms with Crippen LogP contribution in [0.1, 0.15) is 12.0 Å². The minimum Gasteiger partial charge on any atom is -0.398 e. The highest BCUT2D eigenvalue weighted by Crippen LogP contribution is 2.16. The van der Waals surface area contributed by atoms with Crippen LogP contribution < -0.4 is 10.5 Å². The molecule has 0 saturated carbocycles. The van der Waals surface area contributed by atoms with Crippen molar-refractivity contribution < 1.29 is 16.8 Å². The molecule has 1 fully saturated rings. The summed E-state index contributed by atoms with van der Waals surface area (Å²) in [5.74, 6) is -0.333. The number of nitrogens with two attached hydrogens (primary N) is 1. The van der Waals surface area contributed by atoms with Crippen molar-refractivity contribution in [3.05, 3.63) is 29.8 Å². The van der Waals surface area contributed by atoms with E-state index in [1.807, 2.05) is 0 Å². The van der Waals surface area contributed by atoms with E-state index in [2.05, 4.69) is 4.72 Å². The predicted molar refractivity (Wildman–Crippen MR) is 73.7 cm³/mol. The van der Waals surface area contributed by atoms with Crippen LogP contribution in [0.3, 0.4) is 0 Å². The van der Waals surface area contributed by atoms with Crippen molar-refractivity contribution in [3.63, 3.8) is 0 Å². The van der Waals surface area contributed by atoms with Gasteiger partial charge in [0.05, 0.1) is 17.3 Å². The van der Waals surface area contributed by atoms with Gasteiger partial charge in [0.1, 0.15) is 0 Å². The van der Waals surface area contributed by atoms with E-state index in [4.69, 9.17) is 5.73 Å². The van der Waals surface area contributed by atoms with E-state index in [0.717, 1.165) is 0 Å². The van der Waals surface area contributed by atoms with Gasteiger partial charge in [0.25, 0.3) is 0 Å². The molecule has 2 rings (SSSR count). The summed E-state index contributed by atoms with van der Waals surface area (Å²) in [5, 5.41) is 0. The first-order valence-corrected chi connectivity index (χ1v) is 9.29. The Labute approximate surface area is 113 Å². The van der Waals surface area contributed by atoms with Gasteiger partial charge in [-0.15, -0.1) is 0 Å². The maximum atomic E-state index is 12.0. The van der Waals surface area contributed by atoms with Crippen molar-refractivity contribution in [2.45, 2.75) is 18.2 Å². The first-order valence-electron chi connectivity index (χ1n) is 5.81. The summed E-state index contributed by atoms with van der Waals surface area (Å²) in [6, 6.07) is 6.18. The van der Waals surface area contributed by atoms with Gasteiger partial charge in [0, 0.05) is 11.7 Å². The molecular weight excluding hydrogens is 288 g/mol. The Bertz CT molecular complexity index is 668. The average Bonchev–Trinajstić information content (AvgIpc) is 2.60. The lowest BCUT2D eigenvalue weighted by Gasteiger charge is -2.12. The van der Waals surface area contributed by atoms with Crippen LogP contribution in [0, 0.1) is 0 Å². The minimum absolute atomic E-state index is 0.0354. The van der Waals surface area contributed by atoms with Gasteiger partial charge in [0.15, 0.2) is 9.84 Å². The number of sulfone groups is 1. The van der Waals surface area contributed by atoms with Crippen molar-refractivity contribution in [1.29, 1.82) is 0 Å². The minimum atomic E-state index is -3.59. The van der Waals surface area contributed by atoms with E-state index in [0.29, 0.717) is 17.7 Å². The molecule has 1 aliphatic rings. The molecule has 8 heteroatoms. The molecule has 0 aliphatic carbocycles. The third kappa shape index (κ3) is 3.92. The summed E-state index contributed by atoms with van der Waals surface area (Å²) in [4.78, 5) is 0. The van der Waals surface area contributed by atoms with Gasteiger partial charge in [0.2, 0.25) is 10.0 Å². The van der Waals surface area contributed by atoms with Gasteiger partial charge in [-0.1, -0.05) is 18.2 Å². The molecule has 106 valence electrons. The Kier molecular flexibility index (Phi) is 3.84. The fourth-order valence-corrected chi connectivity index (χ4v) is 5.30. The van der Waals surface area contributed by atoms with Gasteiger partial charge in [-0.05, 0) is 18.1 Å². The van der Waals surface area contributed by atoms with Crippen LogP contribution >= 0.6 is 0 Å². The molecule has 0 spiro atoms. The van der Waals surface area contributed by atoms with Crippen molar-refractivity contribution in [1.82, 2.24) is 4.72 Å². The number of rotatable bonds is 4. The second kappa shape index (κ2) is 5.10. The number of benzene rings is 1. The summed E-state index contributed by atoms with van der Waals surface area (Å²) in [5.41, 5.74) is 6.61. The standard InChI is InChI=1S/C11H16N2O4S2/c12-11-4-2-1-3-9(11)7-19(16,17)13-10-5-6-18(14,15)8-10/h1-4,10,13H,5-8,12H2. The Morgan fingerprint density at radius 1 is 1.32 bits per heavy atom. The van der Waals surface area contributed by atoms with E-state index in [1.165, 1.54) is 0 Å². The Morgan fingerprint density at radius 2 is 2.00 bits per heavy atom. The molecule has 1 aromatic carbocycles. The molecule has 1 unspecified atom stereocenters. The van der Waals surface area contributed by atoms with E-state index in [1.54, 1.807) is 24.3 Å². The van der Waals surface area contributed by atoms with Crippen LogP contribution in [-0.2, 0) is 25.6 Å². The summed E-state index contributed by atoms with van der Waals surface area (Å²) in [6.07, 6.45) is 0.325. The number of nitrogens with one attached hydrogen (secondary N) is 1. The molecule has 3 N–H and O–H groups in total. The van der Waals surface area contributed by atoms with Crippen LogP contribution in [0.15, 0.2) is 24.3 Å². The van der Waals surface area contributed by atoms with Crippen LogP contribution in [-0.4, -0.2) is 34.4 Å². The van der Waals surface area contributed by atoms with Gasteiger partial charge in [-0.3, -0.25) is 0 Å². The Hall–Kier alpha value is -1.12. The normalized spacial score (nSPS) is 22.4. The number of hydrogen-bond donors (Lipinski definition) is 2. The zero-order valence-corrected chi connectivity index (χ0v) is 11.9. The van der Waals surface area contributed by atoms with Crippen molar-refractivity contribution in [2.24, 2.45) is 0 Å². The number of nitrogen functional groups attached to an aromatic ring is 1. The molecule has 0 aromatic heterocycles. The molecule has 1 atom stereocenters. The average molecular weight is 304 g/mol. The molecule has 0 radical (unpaired) electrons. The Morgan fingerprint density at radius 3 is 2.58 bits per heavy atom. The summed E-state index contributed by atoms with van der Waals surface area (Å²) in [7, 11) is -6.69. The third-order valence-corrected chi connectivity index (χ3v) is 6.13. The third-order valence-electron chi connectivity index (χ3n) is 2.98. The fraction of sp³-hybridized carbons (Fsp3) is 0.455. The van der Waals surface area contributed by atoms with E-state index < -0.39 is 25.9 Å². The molecule has 1 aliphatic heterocycles. The fourth-order valence-electron chi connectivity index (χ4n) is 2.05. The SMILES string of the molecule is Nc1ccccc1CS(=O)(=O)NC1CCS(=O)(=O)C1. The monoisotopic (exact) mass is 304 g/mol. The quantitative estimate of drug-likeness (QED) is 0.754. The lowest BCUT2D eigenvalue weighted by atomic mass is 10.2. The highest BCUT2D eigenvalue weighted by Gasteiger charge is 2.30. The number of hydrogen-bond acceptors (Lipinski definition) is 5. The van der Waals surface area contributed by atoms with E-state index in [-0.39, 0.29) is 17.3 Å². The number of para-hydroxylation sites is 1. The van der Waals surface area contributed by atoms with E-state index in [9.17, 15) is 16.8 Å². The van der Waals surface area contributed by atoms with Crippen molar-refractivity contribution in [2.75, 3.05) is 17.2 Å². The zero-order chi connectivity index (χ0) is 14.1. The highest BCUT2D eigenvalue weighted by molar-refractivity contribution is 7.92. The van der Waals surface area contributed by atoms with E-state index >= 15 is 0 Å². The molecule has 19 heavy (non-hydrogen) atoms. The maximum Gasteiger partial charge on any atom is 0.216 e. The van der Waals surface area contributed by atoms with Gasteiger partial charge < -0.3 is 5.73 Å². The largest absolute Gasteiger partial charge is 0.398 e. The lowest BCUT2D eigenvalue weighted by molar-refractivity contribution is 0.561. The zero-order valence-electron chi connectivity index (χ0n) is 10.2. The Balaban J connectivity index is 2.06. The topological polar surface area (TPSA) is 106 Å².